The highest BCUT2D eigenvalue weighted by atomic mass is 19.4. The molecule has 17 heavy (non-hydrogen) atoms. The molecule has 0 spiro atoms. The van der Waals surface area contributed by atoms with Gasteiger partial charge in [0.25, 0.3) is 5.91 Å². The number of aromatic nitrogens is 2. The van der Waals surface area contributed by atoms with Gasteiger partial charge in [-0.3, -0.25) is 4.79 Å². The van der Waals surface area contributed by atoms with E-state index in [0.717, 1.165) is 5.56 Å². The van der Waals surface area contributed by atoms with Crippen LogP contribution in [0, 0.1) is 6.92 Å². The number of benzene rings is 1. The van der Waals surface area contributed by atoms with Crippen LogP contribution in [0.25, 0.3) is 10.9 Å². The summed E-state index contributed by atoms with van der Waals surface area (Å²) in [6.07, 6.45) is -4.68. The van der Waals surface area contributed by atoms with Crippen molar-refractivity contribution in [2.75, 3.05) is 0 Å². The van der Waals surface area contributed by atoms with Gasteiger partial charge in [0.1, 0.15) is 0 Å². The van der Waals surface area contributed by atoms with Crippen LogP contribution in [-0.4, -0.2) is 15.7 Å². The largest absolute Gasteiger partial charge is 0.505 e. The normalized spacial score (nSPS) is 12.0. The molecule has 2 N–H and O–H groups in total. The fourth-order valence-corrected chi connectivity index (χ4v) is 1.61. The van der Waals surface area contributed by atoms with Gasteiger partial charge in [-0.25, -0.2) is 0 Å². The highest BCUT2D eigenvalue weighted by Gasteiger charge is 2.35. The fraction of sp³-hybridized carbons (Fsp3) is 0.200. The molecule has 90 valence electrons. The second kappa shape index (κ2) is 3.47. The van der Waals surface area contributed by atoms with Gasteiger partial charge in [0, 0.05) is 5.39 Å². The highest BCUT2D eigenvalue weighted by molar-refractivity contribution is 6.04. The molecule has 1 amide bonds. The lowest BCUT2D eigenvalue weighted by Crippen LogP contribution is -2.20. The molecule has 1 aromatic heterocycles. The van der Waals surface area contributed by atoms with Crippen molar-refractivity contribution in [2.45, 2.75) is 13.2 Å². The molecule has 0 radical (unpaired) electrons. The number of carbonyl (C=O) groups excluding carboxylic acids is 1. The van der Waals surface area contributed by atoms with Crippen molar-refractivity contribution < 1.29 is 18.0 Å². The first-order valence-electron chi connectivity index (χ1n) is 4.67. The smallest absolute Gasteiger partial charge is 0.364 e. The van der Waals surface area contributed by atoms with Crippen LogP contribution in [-0.2, 0) is 6.30 Å². The first-order valence-corrected chi connectivity index (χ1v) is 4.67. The number of aryl methyl sites for hydroxylation is 1. The van der Waals surface area contributed by atoms with Crippen LogP contribution in [0.2, 0.25) is 0 Å². The number of nitrogens with two attached hydrogens (primary N) is 1. The van der Waals surface area contributed by atoms with Crippen LogP contribution in [0.15, 0.2) is 18.2 Å². The molecular weight excluding hydrogens is 235 g/mol. The summed E-state index contributed by atoms with van der Waals surface area (Å²) >= 11 is 0. The summed E-state index contributed by atoms with van der Waals surface area (Å²) in [5, 5.41) is 3.32. The monoisotopic (exact) mass is 243 g/mol. The van der Waals surface area contributed by atoms with Gasteiger partial charge in [0.2, 0.25) is 0 Å². The third-order valence-corrected chi connectivity index (χ3v) is 2.31. The van der Waals surface area contributed by atoms with Crippen LogP contribution in [0.1, 0.15) is 16.1 Å². The summed E-state index contributed by atoms with van der Waals surface area (Å²) in [5.41, 5.74) is 5.17. The number of alkyl halides is 3. The van der Waals surface area contributed by atoms with Crippen molar-refractivity contribution in [3.8, 4) is 0 Å². The van der Waals surface area contributed by atoms with Gasteiger partial charge in [-0.2, -0.15) is 9.78 Å². The molecule has 0 aliphatic heterocycles. The van der Waals surface area contributed by atoms with Gasteiger partial charge in [-0.1, -0.05) is 11.6 Å². The Morgan fingerprint density at radius 3 is 2.59 bits per heavy atom. The average Bonchev–Trinajstić information content (AvgIpc) is 2.55. The van der Waals surface area contributed by atoms with E-state index in [9.17, 15) is 18.0 Å². The summed E-state index contributed by atoms with van der Waals surface area (Å²) in [6, 6.07) is 4.22. The predicted molar refractivity (Wildman–Crippen MR) is 54.3 cm³/mol. The Kier molecular flexibility index (Phi) is 2.34. The molecule has 1 aromatic carbocycles. The first-order chi connectivity index (χ1) is 7.80. The number of halogens is 3. The van der Waals surface area contributed by atoms with Gasteiger partial charge in [0.15, 0.2) is 5.69 Å². The lowest BCUT2D eigenvalue weighted by atomic mass is 10.1. The van der Waals surface area contributed by atoms with E-state index in [0.29, 0.717) is 0 Å². The van der Waals surface area contributed by atoms with E-state index in [1.807, 2.05) is 0 Å². The lowest BCUT2D eigenvalue weighted by molar-refractivity contribution is -0.209. The Labute approximate surface area is 93.8 Å². The number of amides is 1. The molecule has 2 aromatic rings. The molecule has 0 fully saturated rings. The lowest BCUT2D eigenvalue weighted by Gasteiger charge is -2.06. The molecule has 0 saturated heterocycles. The molecule has 0 aliphatic carbocycles. The molecule has 7 heteroatoms. The predicted octanol–water partition coefficient (Wildman–Crippen LogP) is 1.92. The minimum absolute atomic E-state index is 0.106. The third-order valence-electron chi connectivity index (χ3n) is 2.31. The molecule has 0 aliphatic rings. The second-order valence-electron chi connectivity index (χ2n) is 3.61. The van der Waals surface area contributed by atoms with Crippen LogP contribution in [0.5, 0.6) is 0 Å². The zero-order valence-electron chi connectivity index (χ0n) is 8.75. The standard InChI is InChI=1S/C10H8F3N3O/c1-5-2-3-7-6(4-5)8(9(14)17)15-16(7)10(11,12)13/h2-4H,1H3,(H2,14,17). The van der Waals surface area contributed by atoms with Crippen molar-refractivity contribution >= 4 is 16.8 Å². The van der Waals surface area contributed by atoms with Crippen LogP contribution in [0.3, 0.4) is 0 Å². The highest BCUT2D eigenvalue weighted by Crippen LogP contribution is 2.29. The van der Waals surface area contributed by atoms with Gasteiger partial charge in [0.05, 0.1) is 5.52 Å². The SMILES string of the molecule is Cc1ccc2c(c1)c(C(N)=O)nn2C(F)(F)F. The number of primary amides is 1. The quantitative estimate of drug-likeness (QED) is 0.831. The Bertz CT molecular complexity index is 601. The van der Waals surface area contributed by atoms with Crippen molar-refractivity contribution in [1.29, 1.82) is 0 Å². The second-order valence-corrected chi connectivity index (χ2v) is 3.61. The minimum Gasteiger partial charge on any atom is -0.364 e. The molecule has 0 bridgehead atoms. The van der Waals surface area contributed by atoms with E-state index >= 15 is 0 Å². The number of rotatable bonds is 1. The van der Waals surface area contributed by atoms with E-state index in [2.05, 4.69) is 5.10 Å². The maximum absolute atomic E-state index is 12.6. The Hall–Kier alpha value is -2.05. The zero-order chi connectivity index (χ0) is 12.8. The minimum atomic E-state index is -4.68. The van der Waals surface area contributed by atoms with Crippen molar-refractivity contribution in [1.82, 2.24) is 9.78 Å². The summed E-state index contributed by atoms with van der Waals surface area (Å²) in [7, 11) is 0. The number of nitrogens with zero attached hydrogens (tertiary/aromatic N) is 2. The van der Waals surface area contributed by atoms with Gasteiger partial charge >= 0.3 is 6.30 Å². The first kappa shape index (κ1) is 11.4. The van der Waals surface area contributed by atoms with E-state index in [-0.39, 0.29) is 21.3 Å². The molecule has 2 rings (SSSR count). The van der Waals surface area contributed by atoms with Crippen molar-refractivity contribution in [3.05, 3.63) is 29.5 Å². The summed E-state index contributed by atoms with van der Waals surface area (Å²) in [6.45, 7) is 1.70. The molecular formula is C10H8F3N3O. The van der Waals surface area contributed by atoms with Crippen LogP contribution < -0.4 is 5.73 Å². The number of hydrogen-bond donors (Lipinski definition) is 1. The number of hydrogen-bond acceptors (Lipinski definition) is 2. The van der Waals surface area contributed by atoms with Crippen molar-refractivity contribution in [3.63, 3.8) is 0 Å². The molecule has 1 heterocycles. The van der Waals surface area contributed by atoms with E-state index in [1.54, 1.807) is 6.92 Å². The average molecular weight is 243 g/mol. The Morgan fingerprint density at radius 2 is 2.06 bits per heavy atom. The van der Waals surface area contributed by atoms with Crippen LogP contribution >= 0.6 is 0 Å². The molecule has 4 nitrogen and oxygen atoms in total. The van der Waals surface area contributed by atoms with Gasteiger partial charge in [-0.05, 0) is 19.1 Å². The number of fused-ring (bicyclic) bond motifs is 1. The molecule has 0 unspecified atom stereocenters. The topological polar surface area (TPSA) is 60.9 Å². The van der Waals surface area contributed by atoms with E-state index in [4.69, 9.17) is 5.73 Å². The summed E-state index contributed by atoms with van der Waals surface area (Å²) < 4.78 is 37.8. The summed E-state index contributed by atoms with van der Waals surface area (Å²) in [5.74, 6) is -0.983. The summed E-state index contributed by atoms with van der Waals surface area (Å²) in [4.78, 5) is 11.0. The van der Waals surface area contributed by atoms with Gasteiger partial charge < -0.3 is 5.73 Å². The fourth-order valence-electron chi connectivity index (χ4n) is 1.61. The van der Waals surface area contributed by atoms with Crippen LogP contribution in [0.4, 0.5) is 13.2 Å². The van der Waals surface area contributed by atoms with Crippen molar-refractivity contribution in [2.24, 2.45) is 5.73 Å². The maximum Gasteiger partial charge on any atom is 0.505 e. The number of carbonyl (C=O) groups is 1. The Balaban J connectivity index is 2.85. The third kappa shape index (κ3) is 1.83. The van der Waals surface area contributed by atoms with E-state index in [1.165, 1.54) is 18.2 Å². The molecule has 0 atom stereocenters. The molecule has 0 saturated carbocycles. The maximum atomic E-state index is 12.6. The zero-order valence-corrected chi connectivity index (χ0v) is 8.75. The Morgan fingerprint density at radius 1 is 1.41 bits per heavy atom. The van der Waals surface area contributed by atoms with E-state index < -0.39 is 12.2 Å². The van der Waals surface area contributed by atoms with Gasteiger partial charge in [-0.15, -0.1) is 13.2 Å².